The topological polar surface area (TPSA) is 0 Å². The van der Waals surface area contributed by atoms with Gasteiger partial charge in [0.25, 0.3) is 0 Å². The van der Waals surface area contributed by atoms with Crippen molar-refractivity contribution in [2.24, 2.45) is 0 Å². The van der Waals surface area contributed by atoms with Crippen molar-refractivity contribution in [2.45, 2.75) is 0 Å². The van der Waals surface area contributed by atoms with E-state index in [1.54, 1.807) is 0 Å². The molecule has 0 nitrogen and oxygen atoms in total. The van der Waals surface area contributed by atoms with Crippen molar-refractivity contribution in [1.29, 1.82) is 0 Å². The monoisotopic (exact) mass is 264 g/mol. The van der Waals surface area contributed by atoms with E-state index in [0.29, 0.717) is 0 Å². The van der Waals surface area contributed by atoms with E-state index >= 15 is 0 Å². The summed E-state index contributed by atoms with van der Waals surface area (Å²) < 4.78 is 1.16. The van der Waals surface area contributed by atoms with Crippen molar-refractivity contribution < 1.29 is 17.1 Å². The van der Waals surface area contributed by atoms with E-state index in [1.165, 1.54) is 0 Å². The van der Waals surface area contributed by atoms with Crippen LogP contribution in [-0.4, -0.2) is 0 Å². The zero-order chi connectivity index (χ0) is 7.94. The molecule has 0 fully saturated rings. The molecule has 0 atom stereocenters. The van der Waals surface area contributed by atoms with Crippen LogP contribution < -0.4 is 0 Å². The van der Waals surface area contributed by atoms with Gasteiger partial charge in [-0.1, -0.05) is 0 Å². The SMILES string of the molecule is Br[c-]1[cH-][cH-][cH-][cH-]1.[Fe].c1cc[cH-]c1. The van der Waals surface area contributed by atoms with Crippen molar-refractivity contribution in [3.05, 3.63) is 59.1 Å². The third kappa shape index (κ3) is 5.36. The molecule has 0 unspecified atom stereocenters. The normalized spacial score (nSPS) is 7.75. The van der Waals surface area contributed by atoms with Crippen LogP contribution in [0, 0.1) is 0 Å². The molecule has 12 heavy (non-hydrogen) atoms. The van der Waals surface area contributed by atoms with E-state index in [1.807, 2.05) is 54.6 Å². The molecule has 0 bridgehead atoms. The minimum Gasteiger partial charge on any atom is -0.747 e. The summed E-state index contributed by atoms with van der Waals surface area (Å²) in [4.78, 5) is 0. The quantitative estimate of drug-likeness (QED) is 0.504. The largest absolute Gasteiger partial charge is 0.747 e. The van der Waals surface area contributed by atoms with Gasteiger partial charge in [0.1, 0.15) is 0 Å². The first kappa shape index (κ1) is 11.7. The molecule has 0 saturated carbocycles. The first-order valence-electron chi connectivity index (χ1n) is 3.43. The van der Waals surface area contributed by atoms with Gasteiger partial charge in [-0.25, -0.2) is 12.1 Å². The molecule has 2 heteroatoms. The second-order valence-electron chi connectivity index (χ2n) is 2.07. The molecule has 0 amide bonds. The van der Waals surface area contributed by atoms with Gasteiger partial charge in [0.2, 0.25) is 0 Å². The van der Waals surface area contributed by atoms with Crippen LogP contribution in [0.15, 0.2) is 59.1 Å². The van der Waals surface area contributed by atoms with Crippen molar-refractivity contribution in [2.75, 3.05) is 0 Å². The fourth-order valence-electron chi connectivity index (χ4n) is 0.671. The summed E-state index contributed by atoms with van der Waals surface area (Å²) in [5.41, 5.74) is 0. The number of hydrogen-bond donors (Lipinski definition) is 0. The van der Waals surface area contributed by atoms with Gasteiger partial charge in [-0.2, -0.15) is 18.2 Å². The summed E-state index contributed by atoms with van der Waals surface area (Å²) in [6.45, 7) is 0. The summed E-state index contributed by atoms with van der Waals surface area (Å²) in [6.07, 6.45) is 0. The van der Waals surface area contributed by atoms with E-state index in [4.69, 9.17) is 0 Å². The van der Waals surface area contributed by atoms with Gasteiger partial charge in [-0.05, 0) is 0 Å². The summed E-state index contributed by atoms with van der Waals surface area (Å²) in [7, 11) is 0. The van der Waals surface area contributed by atoms with Crippen LogP contribution in [0.5, 0.6) is 0 Å². The first-order valence-corrected chi connectivity index (χ1v) is 4.23. The standard InChI is InChI=1S/C5H4Br.C5H5.Fe/c6-5-3-1-2-4-5;1-2-4-5-3-1;/h1-4H;1-5H;/q-5;-1;. The molecule has 2 aromatic rings. The van der Waals surface area contributed by atoms with Gasteiger partial charge >= 0.3 is 0 Å². The van der Waals surface area contributed by atoms with E-state index in [-0.39, 0.29) is 17.1 Å². The molecule has 2 aromatic carbocycles. The Hall–Kier alpha value is -0.301. The molecule has 0 saturated heterocycles. The molecule has 0 aliphatic carbocycles. The van der Waals surface area contributed by atoms with Crippen LogP contribution in [0.1, 0.15) is 0 Å². The summed E-state index contributed by atoms with van der Waals surface area (Å²) in [5, 5.41) is 0. The van der Waals surface area contributed by atoms with Crippen LogP contribution in [0.2, 0.25) is 0 Å². The van der Waals surface area contributed by atoms with Crippen molar-refractivity contribution in [3.63, 3.8) is 0 Å². The van der Waals surface area contributed by atoms with Crippen molar-refractivity contribution in [3.8, 4) is 0 Å². The second kappa shape index (κ2) is 7.35. The average molecular weight is 265 g/mol. The van der Waals surface area contributed by atoms with Gasteiger partial charge in [0.15, 0.2) is 0 Å². The fraction of sp³-hybridized carbons (Fsp3) is 0. The van der Waals surface area contributed by atoms with E-state index in [0.717, 1.165) is 4.47 Å². The Labute approximate surface area is 91.9 Å². The number of rotatable bonds is 0. The maximum absolute atomic E-state index is 3.28. The van der Waals surface area contributed by atoms with Crippen LogP contribution in [0.25, 0.3) is 0 Å². The van der Waals surface area contributed by atoms with Gasteiger partial charge in [0, 0.05) is 17.1 Å². The number of halogens is 1. The minimum absolute atomic E-state index is 0. The smallest absolute Gasteiger partial charge is 0 e. The maximum atomic E-state index is 3.28. The summed E-state index contributed by atoms with van der Waals surface area (Å²) >= 11 is 3.28. The Bertz CT molecular complexity index is 228. The zero-order valence-corrected chi connectivity index (χ0v) is 9.12. The Morgan fingerprint density at radius 3 is 1.67 bits per heavy atom. The summed E-state index contributed by atoms with van der Waals surface area (Å²) in [5.74, 6) is 0. The van der Waals surface area contributed by atoms with E-state index in [2.05, 4.69) is 15.9 Å². The Morgan fingerprint density at radius 1 is 1.00 bits per heavy atom. The minimum atomic E-state index is 0. The molecule has 0 aliphatic rings. The van der Waals surface area contributed by atoms with Crippen LogP contribution >= 0.6 is 15.9 Å². The molecule has 70 valence electrons. The molecular weight excluding hydrogens is 256 g/mol. The summed E-state index contributed by atoms with van der Waals surface area (Å²) in [6, 6.07) is 18.0. The van der Waals surface area contributed by atoms with Gasteiger partial charge < -0.3 is 44.7 Å². The second-order valence-corrected chi connectivity index (χ2v) is 2.98. The van der Waals surface area contributed by atoms with E-state index in [9.17, 15) is 0 Å². The first-order chi connectivity index (χ1) is 5.39. The van der Waals surface area contributed by atoms with Gasteiger partial charge in [0.05, 0.1) is 0 Å². The molecule has 0 radical (unpaired) electrons. The molecule has 2 rings (SSSR count). The molecule has 0 spiro atoms. The Kier molecular flexibility index (Phi) is 7.17. The fourth-order valence-corrected chi connectivity index (χ4v) is 0.976. The predicted molar refractivity (Wildman–Crippen MR) is 51.8 cm³/mol. The molecule has 0 aromatic heterocycles. The number of hydrogen-bond acceptors (Lipinski definition) is 0. The third-order valence-electron chi connectivity index (χ3n) is 1.18. The van der Waals surface area contributed by atoms with Crippen LogP contribution in [-0.2, 0) is 17.1 Å². The van der Waals surface area contributed by atoms with Crippen LogP contribution in [0.3, 0.4) is 0 Å². The van der Waals surface area contributed by atoms with E-state index < -0.39 is 0 Å². The zero-order valence-electron chi connectivity index (χ0n) is 6.43. The molecular formula is C10H9BrFe-6. The average Bonchev–Trinajstić information content (AvgIpc) is 2.57. The van der Waals surface area contributed by atoms with Crippen LogP contribution in [0.4, 0.5) is 0 Å². The molecule has 0 aliphatic heterocycles. The predicted octanol–water partition coefficient (Wildman–Crippen LogP) is 3.57. The van der Waals surface area contributed by atoms with Gasteiger partial charge in [-0.3, -0.25) is 0 Å². The molecule has 0 heterocycles. The third-order valence-corrected chi connectivity index (χ3v) is 1.71. The van der Waals surface area contributed by atoms with Crippen molar-refractivity contribution in [1.82, 2.24) is 0 Å². The molecule has 0 N–H and O–H groups in total. The van der Waals surface area contributed by atoms with Crippen molar-refractivity contribution >= 4 is 15.9 Å². The Morgan fingerprint density at radius 2 is 1.50 bits per heavy atom. The van der Waals surface area contributed by atoms with Gasteiger partial charge in [-0.15, -0.1) is 0 Å². The Balaban J connectivity index is 0.000000189. The maximum Gasteiger partial charge on any atom is 0 e.